The normalized spacial score (nSPS) is 15.7. The first-order chi connectivity index (χ1) is 20.5. The van der Waals surface area contributed by atoms with Gasteiger partial charge in [0.25, 0.3) is 0 Å². The molecule has 5 nitrogen and oxygen atoms in total. The van der Waals surface area contributed by atoms with E-state index >= 15 is 0 Å². The summed E-state index contributed by atoms with van der Waals surface area (Å²) in [5, 5.41) is 7.09. The highest BCUT2D eigenvalue weighted by molar-refractivity contribution is 6.18. The van der Waals surface area contributed by atoms with Crippen molar-refractivity contribution in [1.29, 1.82) is 0 Å². The van der Waals surface area contributed by atoms with Gasteiger partial charge < -0.3 is 38.0 Å². The van der Waals surface area contributed by atoms with Crippen molar-refractivity contribution < 1.29 is 21.6 Å². The van der Waals surface area contributed by atoms with Crippen LogP contribution in [0.2, 0.25) is 0 Å². The predicted octanol–water partition coefficient (Wildman–Crippen LogP) is 6.27. The minimum atomic E-state index is 0. The molecule has 1 aliphatic rings. The molecule has 1 saturated heterocycles. The average Bonchev–Trinajstić information content (AvgIpc) is 3.84. The smallest absolute Gasteiger partial charge is 0.0944 e. The van der Waals surface area contributed by atoms with Gasteiger partial charge >= 0.3 is 0 Å². The summed E-state index contributed by atoms with van der Waals surface area (Å²) < 4.78 is 5.83. The van der Waals surface area contributed by atoms with E-state index in [1.54, 1.807) is 0 Å². The first-order valence-corrected chi connectivity index (χ1v) is 19.1. The molecule has 0 spiro atoms. The molecule has 1 aliphatic heterocycles. The lowest BCUT2D eigenvalue weighted by atomic mass is 10.1. The maximum Gasteiger partial charge on any atom is 0.0944 e. The third-order valence-electron chi connectivity index (χ3n) is 8.19. The molecular weight excluding hydrogens is 587 g/mol. The Labute approximate surface area is 290 Å². The second-order valence-corrected chi connectivity index (χ2v) is 14.5. The van der Waals surface area contributed by atoms with E-state index in [1.165, 1.54) is 129 Å². The number of unbranched alkanes of at least 4 members (excludes halogenated alkanes) is 10. The van der Waals surface area contributed by atoms with E-state index in [4.69, 9.17) is 22.1 Å². The maximum absolute atomic E-state index is 5.28. The van der Waals surface area contributed by atoms with Gasteiger partial charge in [0.2, 0.25) is 0 Å². The molecule has 0 aromatic carbocycles. The first kappa shape index (κ1) is 51.2. The second-order valence-electron chi connectivity index (χ2n) is 14.2. The van der Waals surface area contributed by atoms with Crippen molar-refractivity contribution in [2.45, 2.75) is 151 Å². The lowest BCUT2D eigenvalue weighted by molar-refractivity contribution is -0.870. The Balaban J connectivity index is -0.000000266. The standard InChI is InChI=1S/C15H33N.C14H33N2.C5H13N.C3H5ClO.ClH/c1-4-6-7-8-9-10-11-12-13-16-14-15(3)5-2;1-6-14(2)13-15-11-9-7-8-10-12-16(3,4)5;1-3-5(2)4-6;4-1-3-2-5-3;/h15-16H,4-14H2,1-3H3;14-15H,6-13H2,1-5H3;5H,3-4,6H2,1-2H3;3H,1-2H2;1H/q;+1;;;/p-1. The van der Waals surface area contributed by atoms with Crippen LogP contribution in [-0.2, 0) is 4.74 Å². The molecule has 1 rings (SSSR count). The lowest BCUT2D eigenvalue weighted by Crippen LogP contribution is -3.00. The summed E-state index contributed by atoms with van der Waals surface area (Å²) in [5.41, 5.74) is 5.28. The van der Waals surface area contributed by atoms with Crippen molar-refractivity contribution in [2.75, 3.05) is 72.9 Å². The number of ether oxygens (including phenoxy) is 1. The number of halogens is 2. The highest BCUT2D eigenvalue weighted by atomic mass is 35.5. The van der Waals surface area contributed by atoms with Gasteiger partial charge in [0.05, 0.1) is 46.3 Å². The molecule has 0 saturated carbocycles. The van der Waals surface area contributed by atoms with Crippen molar-refractivity contribution in [3.05, 3.63) is 0 Å². The fourth-order valence-corrected chi connectivity index (χ4v) is 4.06. The zero-order chi connectivity index (χ0) is 33.2. The molecule has 1 fully saturated rings. The molecule has 0 aromatic heterocycles. The van der Waals surface area contributed by atoms with E-state index in [9.17, 15) is 0 Å². The Morgan fingerprint density at radius 1 is 0.682 bits per heavy atom. The topological polar surface area (TPSA) is 62.6 Å². The monoisotopic (exact) mass is 671 g/mol. The van der Waals surface area contributed by atoms with E-state index in [1.807, 2.05) is 0 Å². The van der Waals surface area contributed by atoms with E-state index in [-0.39, 0.29) is 12.4 Å². The quantitative estimate of drug-likeness (QED) is 0.0464. The van der Waals surface area contributed by atoms with Crippen LogP contribution in [0.1, 0.15) is 145 Å². The summed E-state index contributed by atoms with van der Waals surface area (Å²) in [6.45, 7) is 23.6. The van der Waals surface area contributed by atoms with E-state index in [0.717, 1.165) is 29.5 Å². The van der Waals surface area contributed by atoms with Gasteiger partial charge in [-0.05, 0) is 76.2 Å². The molecule has 272 valence electrons. The Hall–Kier alpha value is 0.380. The molecule has 4 unspecified atom stereocenters. The van der Waals surface area contributed by atoms with Gasteiger partial charge in [0.15, 0.2) is 0 Å². The fourth-order valence-electron chi connectivity index (χ4n) is 3.88. The van der Waals surface area contributed by atoms with Crippen molar-refractivity contribution in [2.24, 2.45) is 23.5 Å². The second kappa shape index (κ2) is 39.6. The van der Waals surface area contributed by atoms with Gasteiger partial charge in [0.1, 0.15) is 0 Å². The van der Waals surface area contributed by atoms with Crippen molar-refractivity contribution in [1.82, 2.24) is 10.6 Å². The third kappa shape index (κ3) is 51.9. The number of nitrogens with two attached hydrogens (primary N) is 1. The molecule has 1 heterocycles. The number of epoxide rings is 1. The molecule has 4 atom stereocenters. The summed E-state index contributed by atoms with van der Waals surface area (Å²) in [4.78, 5) is 0. The van der Waals surface area contributed by atoms with Gasteiger partial charge in [-0.3, -0.25) is 0 Å². The minimum absolute atomic E-state index is 0. The molecule has 44 heavy (non-hydrogen) atoms. The molecule has 0 amide bonds. The van der Waals surface area contributed by atoms with E-state index < -0.39 is 0 Å². The van der Waals surface area contributed by atoms with E-state index in [0.29, 0.717) is 17.9 Å². The zero-order valence-corrected chi connectivity index (χ0v) is 33.3. The highest BCUT2D eigenvalue weighted by Crippen LogP contribution is 2.09. The number of nitrogens with zero attached hydrogens (tertiary/aromatic N) is 1. The summed E-state index contributed by atoms with van der Waals surface area (Å²) in [7, 11) is 6.81. The summed E-state index contributed by atoms with van der Waals surface area (Å²) >= 11 is 5.27. The molecule has 0 aromatic rings. The van der Waals surface area contributed by atoms with Crippen LogP contribution in [0.25, 0.3) is 0 Å². The first-order valence-electron chi connectivity index (χ1n) is 18.6. The molecule has 0 aliphatic carbocycles. The van der Waals surface area contributed by atoms with Crippen LogP contribution in [0.5, 0.6) is 0 Å². The van der Waals surface area contributed by atoms with Crippen LogP contribution in [0.4, 0.5) is 0 Å². The molecule has 7 heteroatoms. The predicted molar refractivity (Wildman–Crippen MR) is 198 cm³/mol. The molecule has 0 bridgehead atoms. The SMILES string of the molecule is CCC(C)CN.CCC(C)CNCCCCCC[N+](C)(C)C.CCCCCCCCCCNCC(C)CC.ClCC1CO1.[Cl-]. The van der Waals surface area contributed by atoms with Gasteiger partial charge in [-0.2, -0.15) is 0 Å². The Bertz CT molecular complexity index is 500. The minimum Gasteiger partial charge on any atom is -1.00 e. The largest absolute Gasteiger partial charge is 1.00 e. The van der Waals surface area contributed by atoms with Gasteiger partial charge in [-0.15, -0.1) is 11.6 Å². The van der Waals surface area contributed by atoms with Crippen LogP contribution >= 0.6 is 11.6 Å². The summed E-state index contributed by atoms with van der Waals surface area (Å²) in [5.74, 6) is 3.05. The van der Waals surface area contributed by atoms with Crippen molar-refractivity contribution >= 4 is 11.6 Å². The van der Waals surface area contributed by atoms with Crippen molar-refractivity contribution in [3.63, 3.8) is 0 Å². The van der Waals surface area contributed by atoms with Crippen LogP contribution in [-0.4, -0.2) is 83.5 Å². The van der Waals surface area contributed by atoms with Gasteiger partial charge in [-0.25, -0.2) is 0 Å². The third-order valence-corrected chi connectivity index (χ3v) is 8.54. The molecular formula is C37H84Cl2N4O. The van der Waals surface area contributed by atoms with Crippen molar-refractivity contribution in [3.8, 4) is 0 Å². The Morgan fingerprint density at radius 2 is 1.07 bits per heavy atom. The Morgan fingerprint density at radius 3 is 1.34 bits per heavy atom. The van der Waals surface area contributed by atoms with E-state index in [2.05, 4.69) is 80.2 Å². The Kier molecular flexibility index (Phi) is 46.0. The number of hydrogen-bond acceptors (Lipinski definition) is 4. The van der Waals surface area contributed by atoms with Crippen LogP contribution < -0.4 is 28.8 Å². The summed E-state index contributed by atoms with van der Waals surface area (Å²) in [6, 6.07) is 0. The number of quaternary nitrogens is 1. The number of alkyl halides is 1. The highest BCUT2D eigenvalue weighted by Gasteiger charge is 2.19. The molecule has 0 radical (unpaired) electrons. The van der Waals surface area contributed by atoms with Gasteiger partial charge in [0, 0.05) is 0 Å². The fraction of sp³-hybridized carbons (Fsp3) is 1.00. The number of hydrogen-bond donors (Lipinski definition) is 3. The van der Waals surface area contributed by atoms with Crippen LogP contribution in [0.3, 0.4) is 0 Å². The van der Waals surface area contributed by atoms with Gasteiger partial charge in [-0.1, -0.05) is 119 Å². The van der Waals surface area contributed by atoms with Crippen LogP contribution in [0.15, 0.2) is 0 Å². The maximum atomic E-state index is 5.28. The molecule has 4 N–H and O–H groups in total. The summed E-state index contributed by atoms with van der Waals surface area (Å²) in [6.07, 6.45) is 21.0. The zero-order valence-electron chi connectivity index (χ0n) is 31.8. The number of nitrogens with one attached hydrogen (secondary N) is 2. The van der Waals surface area contributed by atoms with Crippen LogP contribution in [0, 0.1) is 17.8 Å². The number of rotatable bonds is 25. The average molecular weight is 672 g/mol. The lowest BCUT2D eigenvalue weighted by Gasteiger charge is -2.23.